The van der Waals surface area contributed by atoms with Gasteiger partial charge >= 0.3 is 0 Å². The Labute approximate surface area is 116 Å². The van der Waals surface area contributed by atoms with Crippen molar-refractivity contribution in [3.8, 4) is 5.75 Å². The molecule has 1 aromatic rings. The Morgan fingerprint density at radius 1 is 1.16 bits per heavy atom. The first-order chi connectivity index (χ1) is 9.15. The fourth-order valence-electron chi connectivity index (χ4n) is 2.46. The van der Waals surface area contributed by atoms with Gasteiger partial charge in [-0.3, -0.25) is 0 Å². The van der Waals surface area contributed by atoms with E-state index in [0.717, 1.165) is 25.4 Å². The molecule has 1 aromatic carbocycles. The predicted molar refractivity (Wildman–Crippen MR) is 77.7 cm³/mol. The summed E-state index contributed by atoms with van der Waals surface area (Å²) in [5.41, 5.74) is 1.31. The van der Waals surface area contributed by atoms with Gasteiger partial charge in [0.2, 0.25) is 0 Å². The zero-order valence-electron chi connectivity index (χ0n) is 12.0. The van der Waals surface area contributed by atoms with Crippen LogP contribution in [-0.4, -0.2) is 42.4 Å². The highest BCUT2D eigenvalue weighted by atomic mass is 16.5. The van der Waals surface area contributed by atoms with Crippen LogP contribution in [0.1, 0.15) is 38.2 Å². The van der Waals surface area contributed by atoms with Crippen LogP contribution in [0.2, 0.25) is 0 Å². The average molecular weight is 263 g/mol. The molecule has 1 atom stereocenters. The molecule has 3 heteroatoms. The van der Waals surface area contributed by atoms with Gasteiger partial charge in [-0.2, -0.15) is 0 Å². The van der Waals surface area contributed by atoms with Crippen LogP contribution < -0.4 is 4.74 Å². The molecule has 1 aliphatic heterocycles. The molecular formula is C16H25NO2. The summed E-state index contributed by atoms with van der Waals surface area (Å²) in [7, 11) is 0. The molecule has 0 saturated carbocycles. The van der Waals surface area contributed by atoms with Crippen molar-refractivity contribution in [3.05, 3.63) is 29.8 Å². The minimum Gasteiger partial charge on any atom is -0.491 e. The van der Waals surface area contributed by atoms with E-state index in [1.807, 2.05) is 12.1 Å². The van der Waals surface area contributed by atoms with Gasteiger partial charge in [-0.1, -0.05) is 26.0 Å². The van der Waals surface area contributed by atoms with E-state index in [1.54, 1.807) is 0 Å². The predicted octanol–water partition coefficient (Wildman–Crippen LogP) is 2.65. The second kappa shape index (κ2) is 6.92. The highest BCUT2D eigenvalue weighted by Crippen LogP contribution is 2.18. The van der Waals surface area contributed by atoms with E-state index in [2.05, 4.69) is 30.9 Å². The number of hydrogen-bond acceptors (Lipinski definition) is 3. The van der Waals surface area contributed by atoms with Crippen molar-refractivity contribution >= 4 is 0 Å². The molecule has 106 valence electrons. The number of nitrogens with zero attached hydrogens (tertiary/aromatic N) is 1. The molecule has 1 heterocycles. The Morgan fingerprint density at radius 2 is 1.79 bits per heavy atom. The maximum absolute atomic E-state index is 9.95. The van der Waals surface area contributed by atoms with Gasteiger partial charge in [0.25, 0.3) is 0 Å². The number of benzene rings is 1. The Bertz CT molecular complexity index is 369. The Kier molecular flexibility index (Phi) is 5.23. The molecule has 0 radical (unpaired) electrons. The lowest BCUT2D eigenvalue weighted by Gasteiger charge is -2.19. The SMILES string of the molecule is CC(C)c1ccc(OC[C@H](O)CN2CCCC2)cc1. The smallest absolute Gasteiger partial charge is 0.119 e. The summed E-state index contributed by atoms with van der Waals surface area (Å²) in [4.78, 5) is 2.30. The minimum absolute atomic E-state index is 0.373. The fourth-order valence-corrected chi connectivity index (χ4v) is 2.46. The van der Waals surface area contributed by atoms with Crippen LogP contribution >= 0.6 is 0 Å². The van der Waals surface area contributed by atoms with E-state index >= 15 is 0 Å². The van der Waals surface area contributed by atoms with E-state index in [9.17, 15) is 5.11 Å². The highest BCUT2D eigenvalue weighted by molar-refractivity contribution is 5.28. The summed E-state index contributed by atoms with van der Waals surface area (Å²) >= 11 is 0. The van der Waals surface area contributed by atoms with E-state index < -0.39 is 6.10 Å². The van der Waals surface area contributed by atoms with Gasteiger partial charge in [-0.25, -0.2) is 0 Å². The minimum atomic E-state index is -0.400. The zero-order chi connectivity index (χ0) is 13.7. The summed E-state index contributed by atoms with van der Waals surface area (Å²) in [6.45, 7) is 7.67. The third-order valence-corrected chi connectivity index (χ3v) is 3.66. The molecule has 0 aliphatic carbocycles. The van der Waals surface area contributed by atoms with E-state index in [0.29, 0.717) is 12.5 Å². The van der Waals surface area contributed by atoms with E-state index in [1.165, 1.54) is 18.4 Å². The van der Waals surface area contributed by atoms with Crippen molar-refractivity contribution in [2.45, 2.75) is 38.7 Å². The molecule has 0 bridgehead atoms. The fraction of sp³-hybridized carbons (Fsp3) is 0.625. The summed E-state index contributed by atoms with van der Waals surface area (Å²) in [5.74, 6) is 1.37. The number of likely N-dealkylation sites (tertiary alicyclic amines) is 1. The molecule has 19 heavy (non-hydrogen) atoms. The topological polar surface area (TPSA) is 32.7 Å². The van der Waals surface area contributed by atoms with Gasteiger partial charge in [0.15, 0.2) is 0 Å². The second-order valence-corrected chi connectivity index (χ2v) is 5.70. The molecule has 0 spiro atoms. The average Bonchev–Trinajstić information content (AvgIpc) is 2.89. The van der Waals surface area contributed by atoms with Gasteiger partial charge in [0.1, 0.15) is 18.5 Å². The summed E-state index contributed by atoms with van der Waals surface area (Å²) < 4.78 is 5.64. The summed E-state index contributed by atoms with van der Waals surface area (Å²) in [6.07, 6.45) is 2.11. The van der Waals surface area contributed by atoms with Crippen molar-refractivity contribution < 1.29 is 9.84 Å². The van der Waals surface area contributed by atoms with Gasteiger partial charge in [0, 0.05) is 6.54 Å². The Morgan fingerprint density at radius 3 is 2.37 bits per heavy atom. The van der Waals surface area contributed by atoms with Gasteiger partial charge in [0.05, 0.1) is 0 Å². The van der Waals surface area contributed by atoms with Crippen LogP contribution in [0.25, 0.3) is 0 Å². The van der Waals surface area contributed by atoms with Crippen LogP contribution in [0.4, 0.5) is 0 Å². The van der Waals surface area contributed by atoms with Crippen molar-refractivity contribution in [2.24, 2.45) is 0 Å². The molecule has 1 N–H and O–H groups in total. The molecule has 1 aliphatic rings. The molecule has 3 nitrogen and oxygen atoms in total. The molecule has 1 saturated heterocycles. The van der Waals surface area contributed by atoms with Crippen LogP contribution in [0.15, 0.2) is 24.3 Å². The normalized spacial score (nSPS) is 17.9. The van der Waals surface area contributed by atoms with E-state index in [-0.39, 0.29) is 0 Å². The summed E-state index contributed by atoms with van der Waals surface area (Å²) in [6, 6.07) is 8.15. The molecule has 0 amide bonds. The molecular weight excluding hydrogens is 238 g/mol. The van der Waals surface area contributed by atoms with Crippen molar-refractivity contribution in [1.82, 2.24) is 4.90 Å². The van der Waals surface area contributed by atoms with Crippen LogP contribution in [-0.2, 0) is 0 Å². The highest BCUT2D eigenvalue weighted by Gasteiger charge is 2.16. The van der Waals surface area contributed by atoms with E-state index in [4.69, 9.17) is 4.74 Å². The quantitative estimate of drug-likeness (QED) is 0.856. The Hall–Kier alpha value is -1.06. The standard InChI is InChI=1S/C16H25NO2/c1-13(2)14-5-7-16(8-6-14)19-12-15(18)11-17-9-3-4-10-17/h5-8,13,15,18H,3-4,9-12H2,1-2H3/t15-/m1/s1. The first-order valence-corrected chi connectivity index (χ1v) is 7.28. The monoisotopic (exact) mass is 263 g/mol. The number of aliphatic hydroxyl groups is 1. The largest absolute Gasteiger partial charge is 0.491 e. The zero-order valence-corrected chi connectivity index (χ0v) is 12.0. The van der Waals surface area contributed by atoms with Crippen LogP contribution in [0.5, 0.6) is 5.75 Å². The summed E-state index contributed by atoms with van der Waals surface area (Å²) in [5, 5.41) is 9.95. The lowest BCUT2D eigenvalue weighted by atomic mass is 10.0. The van der Waals surface area contributed by atoms with Gasteiger partial charge in [-0.15, -0.1) is 0 Å². The lowest BCUT2D eigenvalue weighted by molar-refractivity contribution is 0.0758. The number of ether oxygens (including phenoxy) is 1. The van der Waals surface area contributed by atoms with Crippen molar-refractivity contribution in [3.63, 3.8) is 0 Å². The lowest BCUT2D eigenvalue weighted by Crippen LogP contribution is -2.33. The molecule has 0 aromatic heterocycles. The van der Waals surface area contributed by atoms with Gasteiger partial charge in [-0.05, 0) is 49.5 Å². The number of hydrogen-bond donors (Lipinski definition) is 1. The molecule has 1 fully saturated rings. The van der Waals surface area contributed by atoms with Crippen molar-refractivity contribution in [2.75, 3.05) is 26.2 Å². The molecule has 0 unspecified atom stereocenters. The van der Waals surface area contributed by atoms with Gasteiger partial charge < -0.3 is 14.7 Å². The van der Waals surface area contributed by atoms with Crippen LogP contribution in [0, 0.1) is 0 Å². The third-order valence-electron chi connectivity index (χ3n) is 3.66. The third kappa shape index (κ3) is 4.51. The molecule has 2 rings (SSSR count). The Balaban J connectivity index is 1.74. The second-order valence-electron chi connectivity index (χ2n) is 5.70. The maximum atomic E-state index is 9.95. The first-order valence-electron chi connectivity index (χ1n) is 7.28. The number of rotatable bonds is 6. The number of aliphatic hydroxyl groups excluding tert-OH is 1. The van der Waals surface area contributed by atoms with Crippen molar-refractivity contribution in [1.29, 1.82) is 0 Å². The van der Waals surface area contributed by atoms with Crippen LogP contribution in [0.3, 0.4) is 0 Å². The maximum Gasteiger partial charge on any atom is 0.119 e. The first kappa shape index (κ1) is 14.4. The number of β-amino-alcohol motifs (C(OH)–C–C–N with tert-alkyl or cyclic N) is 1.